The molecule has 0 aliphatic rings. The van der Waals surface area contributed by atoms with Crippen LogP contribution in [0.25, 0.3) is 0 Å². The molecule has 11 heavy (non-hydrogen) atoms. The first-order chi connectivity index (χ1) is 5.31. The Hall–Kier alpha value is -1.23. The van der Waals surface area contributed by atoms with Crippen molar-refractivity contribution in [2.24, 2.45) is 0 Å². The van der Waals surface area contributed by atoms with Gasteiger partial charge >= 0.3 is 0 Å². The maximum atomic E-state index is 12.5. The highest BCUT2D eigenvalue weighted by atomic mass is 19.1. The Morgan fingerprint density at radius 2 is 2.27 bits per heavy atom. The molecule has 0 aliphatic heterocycles. The van der Waals surface area contributed by atoms with Gasteiger partial charge in [-0.2, -0.15) is 0 Å². The fourth-order valence-electron chi connectivity index (χ4n) is 0.447. The molecule has 0 fully saturated rings. The Balaban J connectivity index is 3.77. The molecule has 0 spiro atoms. The van der Waals surface area contributed by atoms with Gasteiger partial charge in [-0.1, -0.05) is 17.9 Å². The van der Waals surface area contributed by atoms with Gasteiger partial charge in [0.2, 0.25) is 0 Å². The van der Waals surface area contributed by atoms with E-state index in [-0.39, 0.29) is 0 Å². The smallest absolute Gasteiger partial charge is 0.179 e. The molecule has 0 aromatic rings. The molecule has 0 amide bonds. The predicted octanol–water partition coefficient (Wildman–Crippen LogP) is 2.06. The van der Waals surface area contributed by atoms with Crippen LogP contribution in [0, 0.1) is 11.8 Å². The van der Waals surface area contributed by atoms with E-state index in [9.17, 15) is 4.39 Å². The fraction of sp³-hybridized carbons (Fsp3) is 0.333. The minimum atomic E-state index is -1.18. The normalized spacial score (nSPS) is 13.0. The summed E-state index contributed by atoms with van der Waals surface area (Å²) in [7, 11) is 1.51. The van der Waals surface area contributed by atoms with Gasteiger partial charge in [0.1, 0.15) is 0 Å². The van der Waals surface area contributed by atoms with Gasteiger partial charge in [-0.05, 0) is 13.0 Å². The maximum absolute atomic E-state index is 12.5. The molecule has 0 rings (SSSR count). The number of hydrogen-bond acceptors (Lipinski definition) is 1. The van der Waals surface area contributed by atoms with Gasteiger partial charge in [0, 0.05) is 6.08 Å². The second-order valence-electron chi connectivity index (χ2n) is 1.75. The van der Waals surface area contributed by atoms with Crippen molar-refractivity contribution in [3.63, 3.8) is 0 Å². The SMILES string of the molecule is C/C=C\C(F)C#C/C=C/OC. The summed E-state index contributed by atoms with van der Waals surface area (Å²) in [5.41, 5.74) is 0. The maximum Gasteiger partial charge on any atom is 0.179 e. The predicted molar refractivity (Wildman–Crippen MR) is 43.6 cm³/mol. The molecule has 1 atom stereocenters. The van der Waals surface area contributed by atoms with Gasteiger partial charge in [-0.25, -0.2) is 4.39 Å². The molecule has 1 unspecified atom stereocenters. The molecule has 1 nitrogen and oxygen atoms in total. The molecular formula is C9H11FO. The zero-order valence-corrected chi connectivity index (χ0v) is 6.67. The van der Waals surface area contributed by atoms with E-state index in [1.807, 2.05) is 0 Å². The Morgan fingerprint density at radius 3 is 2.82 bits per heavy atom. The van der Waals surface area contributed by atoms with E-state index in [2.05, 4.69) is 16.6 Å². The summed E-state index contributed by atoms with van der Waals surface area (Å²) < 4.78 is 17.1. The summed E-state index contributed by atoms with van der Waals surface area (Å²) in [5, 5.41) is 0. The second kappa shape index (κ2) is 6.88. The third kappa shape index (κ3) is 6.66. The Kier molecular flexibility index (Phi) is 6.11. The van der Waals surface area contributed by atoms with Gasteiger partial charge in [0.25, 0.3) is 0 Å². The standard InChI is InChI=1S/C9H11FO/c1-3-6-9(10)7-4-5-8-11-2/h3,5-6,8-9H,1-2H3/b6-3-,8-5+. The lowest BCUT2D eigenvalue weighted by atomic mass is 10.3. The van der Waals surface area contributed by atoms with E-state index in [0.29, 0.717) is 0 Å². The quantitative estimate of drug-likeness (QED) is 0.336. The van der Waals surface area contributed by atoms with Crippen molar-refractivity contribution in [1.29, 1.82) is 0 Å². The van der Waals surface area contributed by atoms with Gasteiger partial charge in [-0.15, -0.1) is 0 Å². The number of allylic oxidation sites excluding steroid dienone is 3. The van der Waals surface area contributed by atoms with E-state index in [1.54, 1.807) is 13.0 Å². The molecule has 0 N–H and O–H groups in total. The van der Waals surface area contributed by atoms with E-state index >= 15 is 0 Å². The zero-order valence-electron chi connectivity index (χ0n) is 6.67. The van der Waals surface area contributed by atoms with Crippen molar-refractivity contribution in [1.82, 2.24) is 0 Å². The topological polar surface area (TPSA) is 9.23 Å². The van der Waals surface area contributed by atoms with Crippen molar-refractivity contribution < 1.29 is 9.13 Å². The minimum absolute atomic E-state index is 1.18. The molecule has 0 saturated heterocycles. The average molecular weight is 154 g/mol. The van der Waals surface area contributed by atoms with Crippen LogP contribution in [0.5, 0.6) is 0 Å². The Morgan fingerprint density at radius 1 is 1.55 bits per heavy atom. The summed E-state index contributed by atoms with van der Waals surface area (Å²) in [6, 6.07) is 0. The number of halogens is 1. The molecule has 0 saturated carbocycles. The summed E-state index contributed by atoms with van der Waals surface area (Å²) in [6.07, 6.45) is 4.68. The summed E-state index contributed by atoms with van der Waals surface area (Å²) >= 11 is 0. The van der Waals surface area contributed by atoms with E-state index < -0.39 is 6.17 Å². The van der Waals surface area contributed by atoms with Crippen LogP contribution in [-0.4, -0.2) is 13.3 Å². The van der Waals surface area contributed by atoms with Crippen molar-refractivity contribution in [3.05, 3.63) is 24.5 Å². The first-order valence-corrected chi connectivity index (χ1v) is 3.27. The molecule has 0 bridgehead atoms. The highest BCUT2D eigenvalue weighted by Crippen LogP contribution is 1.89. The van der Waals surface area contributed by atoms with Gasteiger partial charge in [0.05, 0.1) is 13.4 Å². The van der Waals surface area contributed by atoms with E-state index in [0.717, 1.165) is 0 Å². The minimum Gasteiger partial charge on any atom is -0.504 e. The summed E-state index contributed by atoms with van der Waals surface area (Å²) in [6.45, 7) is 1.75. The lowest BCUT2D eigenvalue weighted by molar-refractivity contribution is 0.338. The van der Waals surface area contributed by atoms with Crippen molar-refractivity contribution in [2.75, 3.05) is 7.11 Å². The van der Waals surface area contributed by atoms with Crippen molar-refractivity contribution in [3.8, 4) is 11.8 Å². The number of alkyl halides is 1. The Labute approximate surface area is 66.6 Å². The van der Waals surface area contributed by atoms with Gasteiger partial charge < -0.3 is 4.74 Å². The van der Waals surface area contributed by atoms with Crippen LogP contribution in [0.4, 0.5) is 4.39 Å². The highest BCUT2D eigenvalue weighted by molar-refractivity contribution is 5.20. The first-order valence-electron chi connectivity index (χ1n) is 3.27. The van der Waals surface area contributed by atoms with Crippen molar-refractivity contribution >= 4 is 0 Å². The third-order valence-electron chi connectivity index (χ3n) is 0.870. The van der Waals surface area contributed by atoms with Crippen molar-refractivity contribution in [2.45, 2.75) is 13.1 Å². The molecule has 2 heteroatoms. The van der Waals surface area contributed by atoms with Crippen LogP contribution < -0.4 is 0 Å². The molecule has 0 heterocycles. The fourth-order valence-corrected chi connectivity index (χ4v) is 0.447. The lowest BCUT2D eigenvalue weighted by Gasteiger charge is -1.85. The van der Waals surface area contributed by atoms with E-state index in [4.69, 9.17) is 0 Å². The van der Waals surface area contributed by atoms with Crippen LogP contribution >= 0.6 is 0 Å². The highest BCUT2D eigenvalue weighted by Gasteiger charge is 1.89. The largest absolute Gasteiger partial charge is 0.504 e. The molecule has 60 valence electrons. The molecular weight excluding hydrogens is 143 g/mol. The van der Waals surface area contributed by atoms with Crippen LogP contribution in [0.1, 0.15) is 6.92 Å². The number of ether oxygens (including phenoxy) is 1. The monoisotopic (exact) mass is 154 g/mol. The van der Waals surface area contributed by atoms with Crippen LogP contribution in [0.2, 0.25) is 0 Å². The first kappa shape index (κ1) is 9.77. The second-order valence-corrected chi connectivity index (χ2v) is 1.75. The molecule has 0 radical (unpaired) electrons. The molecule has 0 aromatic heterocycles. The number of rotatable bonds is 2. The van der Waals surface area contributed by atoms with E-state index in [1.165, 1.54) is 25.5 Å². The number of hydrogen-bond donors (Lipinski definition) is 0. The number of methoxy groups -OCH3 is 1. The van der Waals surface area contributed by atoms with Gasteiger partial charge in [0.15, 0.2) is 6.17 Å². The Bertz CT molecular complexity index is 195. The third-order valence-corrected chi connectivity index (χ3v) is 0.870. The summed E-state index contributed by atoms with van der Waals surface area (Å²) in [4.78, 5) is 0. The lowest BCUT2D eigenvalue weighted by Crippen LogP contribution is -1.86. The zero-order chi connectivity index (χ0) is 8.53. The molecule has 0 aliphatic carbocycles. The average Bonchev–Trinajstić information content (AvgIpc) is 1.99. The van der Waals surface area contributed by atoms with Gasteiger partial charge in [-0.3, -0.25) is 0 Å². The summed E-state index contributed by atoms with van der Waals surface area (Å²) in [5.74, 6) is 4.84. The van der Waals surface area contributed by atoms with Crippen LogP contribution in [0.15, 0.2) is 24.5 Å². The molecule has 0 aromatic carbocycles. The van der Waals surface area contributed by atoms with Crippen LogP contribution in [0.3, 0.4) is 0 Å². The van der Waals surface area contributed by atoms with Crippen LogP contribution in [-0.2, 0) is 4.74 Å².